The minimum absolute atomic E-state index is 0.185. The van der Waals surface area contributed by atoms with E-state index in [1.165, 1.54) is 0 Å². The summed E-state index contributed by atoms with van der Waals surface area (Å²) >= 11 is 0. The van der Waals surface area contributed by atoms with E-state index in [-0.39, 0.29) is 5.92 Å². The molecule has 0 saturated carbocycles. The third-order valence-electron chi connectivity index (χ3n) is 3.87. The van der Waals surface area contributed by atoms with E-state index in [4.69, 9.17) is 5.26 Å². The van der Waals surface area contributed by atoms with Crippen molar-refractivity contribution < 1.29 is 4.79 Å². The van der Waals surface area contributed by atoms with E-state index in [1.54, 1.807) is 0 Å². The summed E-state index contributed by atoms with van der Waals surface area (Å²) in [6.45, 7) is 6.19. The Kier molecular flexibility index (Phi) is 4.97. The van der Waals surface area contributed by atoms with Gasteiger partial charge in [0.15, 0.2) is 0 Å². The minimum atomic E-state index is 0.185. The zero-order valence-electron chi connectivity index (χ0n) is 10.9. The van der Waals surface area contributed by atoms with Crippen LogP contribution in [0.3, 0.4) is 0 Å². The van der Waals surface area contributed by atoms with Gasteiger partial charge in [-0.1, -0.05) is 0 Å². The molecule has 100 valence electrons. The molecule has 0 aromatic heterocycles. The van der Waals surface area contributed by atoms with E-state index in [2.05, 4.69) is 16.3 Å². The molecule has 0 radical (unpaired) electrons. The molecule has 1 amide bonds. The summed E-state index contributed by atoms with van der Waals surface area (Å²) in [6.07, 6.45) is 2.72. The van der Waals surface area contributed by atoms with Crippen LogP contribution in [-0.4, -0.2) is 61.5 Å². The number of hydrogen-bond acceptors (Lipinski definition) is 4. The molecule has 5 nitrogen and oxygen atoms in total. The second kappa shape index (κ2) is 6.72. The first-order chi connectivity index (χ1) is 8.81. The Labute approximate surface area is 109 Å². The lowest BCUT2D eigenvalue weighted by molar-refractivity contribution is -0.137. The average molecular weight is 250 g/mol. The van der Waals surface area contributed by atoms with E-state index in [9.17, 15) is 4.79 Å². The van der Waals surface area contributed by atoms with Crippen LogP contribution in [-0.2, 0) is 4.79 Å². The Morgan fingerprint density at radius 2 is 2.11 bits per heavy atom. The number of nitrogens with zero attached hydrogens (tertiary/aromatic N) is 3. The van der Waals surface area contributed by atoms with E-state index < -0.39 is 0 Å². The quantitative estimate of drug-likeness (QED) is 0.768. The molecular weight excluding hydrogens is 228 g/mol. The van der Waals surface area contributed by atoms with Crippen molar-refractivity contribution in [1.29, 1.82) is 5.26 Å². The van der Waals surface area contributed by atoms with Crippen molar-refractivity contribution >= 4 is 5.91 Å². The van der Waals surface area contributed by atoms with Gasteiger partial charge in [0.1, 0.15) is 0 Å². The van der Waals surface area contributed by atoms with E-state index in [1.807, 2.05) is 4.90 Å². The van der Waals surface area contributed by atoms with Crippen molar-refractivity contribution in [3.05, 3.63) is 0 Å². The molecule has 2 rings (SSSR count). The highest BCUT2D eigenvalue weighted by Crippen LogP contribution is 2.15. The third kappa shape index (κ3) is 3.44. The van der Waals surface area contributed by atoms with Crippen LogP contribution >= 0.6 is 0 Å². The second-order valence-electron chi connectivity index (χ2n) is 5.12. The van der Waals surface area contributed by atoms with Gasteiger partial charge in [0.2, 0.25) is 5.91 Å². The molecule has 2 aliphatic heterocycles. The van der Waals surface area contributed by atoms with Gasteiger partial charge >= 0.3 is 0 Å². The van der Waals surface area contributed by atoms with Crippen molar-refractivity contribution in [2.24, 2.45) is 5.92 Å². The molecule has 0 aliphatic carbocycles. The Bertz CT molecular complexity index is 311. The summed E-state index contributed by atoms with van der Waals surface area (Å²) in [5, 5.41) is 11.9. The summed E-state index contributed by atoms with van der Waals surface area (Å²) in [4.78, 5) is 16.6. The van der Waals surface area contributed by atoms with Gasteiger partial charge in [-0.3, -0.25) is 9.69 Å². The van der Waals surface area contributed by atoms with E-state index in [0.29, 0.717) is 12.3 Å². The van der Waals surface area contributed by atoms with Gasteiger partial charge in [0.05, 0.1) is 12.0 Å². The number of piperazine rings is 1. The van der Waals surface area contributed by atoms with Gasteiger partial charge in [-0.2, -0.15) is 5.26 Å². The molecule has 2 fully saturated rings. The number of nitrogens with one attached hydrogen (secondary N) is 1. The summed E-state index contributed by atoms with van der Waals surface area (Å²) in [5.74, 6) is 0.506. The summed E-state index contributed by atoms with van der Waals surface area (Å²) < 4.78 is 0. The number of hydrogen-bond donors (Lipinski definition) is 1. The van der Waals surface area contributed by atoms with Crippen LogP contribution in [0, 0.1) is 17.2 Å². The first-order valence-corrected chi connectivity index (χ1v) is 6.90. The molecule has 2 saturated heterocycles. The van der Waals surface area contributed by atoms with Crippen LogP contribution in [0.1, 0.15) is 19.3 Å². The fourth-order valence-electron chi connectivity index (χ4n) is 2.72. The van der Waals surface area contributed by atoms with Crippen LogP contribution < -0.4 is 5.32 Å². The lowest BCUT2D eigenvalue weighted by Gasteiger charge is -2.37. The van der Waals surface area contributed by atoms with Gasteiger partial charge < -0.3 is 10.2 Å². The van der Waals surface area contributed by atoms with Gasteiger partial charge in [-0.15, -0.1) is 0 Å². The smallest absolute Gasteiger partial charge is 0.227 e. The topological polar surface area (TPSA) is 59.4 Å². The molecule has 1 unspecified atom stereocenters. The maximum atomic E-state index is 12.3. The van der Waals surface area contributed by atoms with Crippen molar-refractivity contribution in [2.75, 3.05) is 45.8 Å². The molecule has 0 spiro atoms. The largest absolute Gasteiger partial charge is 0.340 e. The maximum Gasteiger partial charge on any atom is 0.227 e. The van der Waals surface area contributed by atoms with Crippen LogP contribution in [0.25, 0.3) is 0 Å². The van der Waals surface area contributed by atoms with Crippen LogP contribution in [0.5, 0.6) is 0 Å². The molecular formula is C13H22N4O. The number of carbonyl (C=O) groups excluding carboxylic acids is 1. The van der Waals surface area contributed by atoms with Crippen molar-refractivity contribution in [3.8, 4) is 6.07 Å². The fourth-order valence-corrected chi connectivity index (χ4v) is 2.72. The second-order valence-corrected chi connectivity index (χ2v) is 5.12. The highest BCUT2D eigenvalue weighted by molar-refractivity contribution is 5.79. The predicted octanol–water partition coefficient (Wildman–Crippen LogP) is 0.0439. The number of piperidine rings is 1. The van der Waals surface area contributed by atoms with E-state index in [0.717, 1.165) is 58.7 Å². The summed E-state index contributed by atoms with van der Waals surface area (Å²) in [5.41, 5.74) is 0. The third-order valence-corrected chi connectivity index (χ3v) is 3.87. The maximum absolute atomic E-state index is 12.3. The zero-order chi connectivity index (χ0) is 12.8. The first kappa shape index (κ1) is 13.3. The molecule has 18 heavy (non-hydrogen) atoms. The average Bonchev–Trinajstić information content (AvgIpc) is 2.46. The van der Waals surface area contributed by atoms with Crippen LogP contribution in [0.4, 0.5) is 0 Å². The Hall–Kier alpha value is -1.12. The minimum Gasteiger partial charge on any atom is -0.340 e. The monoisotopic (exact) mass is 250 g/mol. The Morgan fingerprint density at radius 3 is 2.72 bits per heavy atom. The molecule has 5 heteroatoms. The van der Waals surface area contributed by atoms with Gasteiger partial charge in [-0.05, 0) is 19.4 Å². The van der Waals surface area contributed by atoms with Gasteiger partial charge in [-0.25, -0.2) is 0 Å². The summed E-state index contributed by atoms with van der Waals surface area (Å²) in [7, 11) is 0. The molecule has 1 N–H and O–H groups in total. The summed E-state index contributed by atoms with van der Waals surface area (Å²) in [6, 6.07) is 2.17. The molecule has 2 aliphatic rings. The highest BCUT2D eigenvalue weighted by Gasteiger charge is 2.28. The zero-order valence-corrected chi connectivity index (χ0v) is 10.9. The number of carbonyl (C=O) groups is 1. The van der Waals surface area contributed by atoms with Crippen molar-refractivity contribution in [2.45, 2.75) is 19.3 Å². The first-order valence-electron chi connectivity index (χ1n) is 6.90. The highest BCUT2D eigenvalue weighted by atomic mass is 16.2. The lowest BCUT2D eigenvalue weighted by Crippen LogP contribution is -2.52. The standard InChI is InChI=1S/C13H22N4O/c14-4-2-6-16-7-9-17(10-8-16)13(18)12-3-1-5-15-11-12/h12,15H,1-3,5-11H2. The number of rotatable bonds is 3. The molecule has 0 aromatic carbocycles. The normalized spacial score (nSPS) is 25.7. The van der Waals surface area contributed by atoms with Crippen molar-refractivity contribution in [1.82, 2.24) is 15.1 Å². The number of nitriles is 1. The van der Waals surface area contributed by atoms with Gasteiger partial charge in [0, 0.05) is 45.7 Å². The van der Waals surface area contributed by atoms with Gasteiger partial charge in [0.25, 0.3) is 0 Å². The van der Waals surface area contributed by atoms with Crippen LogP contribution in [0.15, 0.2) is 0 Å². The molecule has 0 bridgehead atoms. The Morgan fingerprint density at radius 1 is 1.33 bits per heavy atom. The number of amides is 1. The molecule has 1 atom stereocenters. The van der Waals surface area contributed by atoms with E-state index >= 15 is 0 Å². The lowest BCUT2D eigenvalue weighted by atomic mass is 9.98. The van der Waals surface area contributed by atoms with Crippen LogP contribution in [0.2, 0.25) is 0 Å². The Balaban J connectivity index is 1.75. The van der Waals surface area contributed by atoms with Crippen molar-refractivity contribution in [3.63, 3.8) is 0 Å². The fraction of sp³-hybridized carbons (Fsp3) is 0.846. The predicted molar refractivity (Wildman–Crippen MR) is 68.8 cm³/mol. The molecule has 0 aromatic rings. The molecule has 2 heterocycles. The SMILES string of the molecule is N#CCCN1CCN(C(=O)C2CCCNC2)CC1.